The average Bonchev–Trinajstić information content (AvgIpc) is 3.11. The molecule has 6 nitrogen and oxygen atoms in total. The number of hydrogen-bond acceptors (Lipinski definition) is 6. The van der Waals surface area contributed by atoms with Gasteiger partial charge in [0.05, 0.1) is 12.8 Å². The third-order valence-electron chi connectivity index (χ3n) is 3.66. The third-order valence-corrected chi connectivity index (χ3v) is 4.62. The van der Waals surface area contributed by atoms with Gasteiger partial charge in [-0.25, -0.2) is 0 Å². The van der Waals surface area contributed by atoms with Gasteiger partial charge in [-0.15, -0.1) is 0 Å². The molecule has 3 rings (SSSR count). The predicted molar refractivity (Wildman–Crippen MR) is 99.2 cm³/mol. The molecule has 0 radical (unpaired) electrons. The standard InChI is InChI=1S/C19H17N3O3S/c1-13(23)18-19(26-22(21-18)15-6-4-3-5-7-15)20-12-17(24)14-8-10-16(25-2)11-9-14/h3-11H,12H2,1-2H3. The zero-order valence-corrected chi connectivity index (χ0v) is 15.2. The first kappa shape index (κ1) is 17.8. The molecule has 1 aromatic heterocycles. The monoisotopic (exact) mass is 367 g/mol. The van der Waals surface area contributed by atoms with Crippen LogP contribution in [-0.4, -0.2) is 34.4 Å². The van der Waals surface area contributed by atoms with E-state index >= 15 is 0 Å². The van der Waals surface area contributed by atoms with Crippen LogP contribution in [0.5, 0.6) is 5.75 Å². The van der Waals surface area contributed by atoms with Crippen LogP contribution in [-0.2, 0) is 0 Å². The topological polar surface area (TPSA) is 73.5 Å². The summed E-state index contributed by atoms with van der Waals surface area (Å²) in [6.45, 7) is 1.39. The summed E-state index contributed by atoms with van der Waals surface area (Å²) in [5.41, 5.74) is 1.64. The van der Waals surface area contributed by atoms with Crippen molar-refractivity contribution in [2.24, 2.45) is 4.99 Å². The van der Waals surface area contributed by atoms with Crippen LogP contribution in [0.25, 0.3) is 5.69 Å². The van der Waals surface area contributed by atoms with Crippen LogP contribution in [0.15, 0.2) is 59.6 Å². The number of methoxy groups -OCH3 is 1. The minimum atomic E-state index is -0.188. The summed E-state index contributed by atoms with van der Waals surface area (Å²) in [6, 6.07) is 16.3. The summed E-state index contributed by atoms with van der Waals surface area (Å²) < 4.78 is 7.16. The van der Waals surface area contributed by atoms with Crippen molar-refractivity contribution in [3.63, 3.8) is 0 Å². The summed E-state index contributed by atoms with van der Waals surface area (Å²) in [6.07, 6.45) is 0. The summed E-state index contributed by atoms with van der Waals surface area (Å²) >= 11 is 1.23. The van der Waals surface area contributed by atoms with Gasteiger partial charge in [0.2, 0.25) is 0 Å². The SMILES string of the molecule is COc1ccc(C(=O)CN=c2sn(-c3ccccc3)nc2C(C)=O)cc1. The molecule has 0 aliphatic rings. The first-order valence-electron chi connectivity index (χ1n) is 7.93. The number of hydrogen-bond donors (Lipinski definition) is 0. The zero-order chi connectivity index (χ0) is 18.5. The van der Waals surface area contributed by atoms with Crippen molar-refractivity contribution in [1.82, 2.24) is 9.17 Å². The quantitative estimate of drug-likeness (QED) is 0.628. The lowest BCUT2D eigenvalue weighted by Gasteiger charge is -2.00. The molecule has 0 spiro atoms. The molecular weight excluding hydrogens is 350 g/mol. The fraction of sp³-hybridized carbons (Fsp3) is 0.158. The molecule has 132 valence electrons. The second-order valence-corrected chi connectivity index (χ2v) is 6.39. The van der Waals surface area contributed by atoms with E-state index in [0.717, 1.165) is 5.69 Å². The summed E-state index contributed by atoms with van der Waals surface area (Å²) in [4.78, 5) is 28.5. The summed E-state index contributed by atoms with van der Waals surface area (Å²) in [7, 11) is 1.57. The second kappa shape index (κ2) is 7.88. The number of para-hydroxylation sites is 1. The molecule has 2 aromatic carbocycles. The van der Waals surface area contributed by atoms with Gasteiger partial charge in [-0.1, -0.05) is 18.2 Å². The molecule has 0 aliphatic carbocycles. The average molecular weight is 367 g/mol. The Bertz CT molecular complexity index is 989. The number of benzene rings is 2. The first-order chi connectivity index (χ1) is 12.6. The van der Waals surface area contributed by atoms with E-state index < -0.39 is 0 Å². The van der Waals surface area contributed by atoms with Gasteiger partial charge in [0, 0.05) is 12.5 Å². The lowest BCUT2D eigenvalue weighted by atomic mass is 10.1. The Balaban J connectivity index is 1.88. The lowest BCUT2D eigenvalue weighted by molar-refractivity contribution is 0.0991. The van der Waals surface area contributed by atoms with E-state index in [1.165, 1.54) is 18.5 Å². The highest BCUT2D eigenvalue weighted by Crippen LogP contribution is 2.12. The molecule has 0 atom stereocenters. The van der Waals surface area contributed by atoms with Gasteiger partial charge in [-0.2, -0.15) is 9.17 Å². The van der Waals surface area contributed by atoms with Crippen molar-refractivity contribution in [2.45, 2.75) is 6.92 Å². The Kier molecular flexibility index (Phi) is 5.38. The number of carbonyl (C=O) groups excluding carboxylic acids is 2. The number of Topliss-reactive ketones (excluding diaryl/α,β-unsaturated/α-hetero) is 2. The van der Waals surface area contributed by atoms with Crippen LogP contribution in [0.2, 0.25) is 0 Å². The number of nitrogens with zero attached hydrogens (tertiary/aromatic N) is 3. The van der Waals surface area contributed by atoms with Crippen molar-refractivity contribution in [3.8, 4) is 11.4 Å². The van der Waals surface area contributed by atoms with Crippen molar-refractivity contribution in [3.05, 3.63) is 70.5 Å². The van der Waals surface area contributed by atoms with Crippen LogP contribution in [0, 0.1) is 0 Å². The maximum absolute atomic E-state index is 12.3. The van der Waals surface area contributed by atoms with Gasteiger partial charge in [0.1, 0.15) is 12.3 Å². The van der Waals surface area contributed by atoms with E-state index in [4.69, 9.17) is 4.74 Å². The minimum absolute atomic E-state index is 0.0520. The molecule has 0 unspecified atom stereocenters. The van der Waals surface area contributed by atoms with Crippen molar-refractivity contribution in [1.29, 1.82) is 0 Å². The van der Waals surface area contributed by atoms with E-state index in [0.29, 0.717) is 16.0 Å². The highest BCUT2D eigenvalue weighted by Gasteiger charge is 2.12. The van der Waals surface area contributed by atoms with Crippen molar-refractivity contribution >= 4 is 23.1 Å². The van der Waals surface area contributed by atoms with E-state index in [1.807, 2.05) is 30.3 Å². The highest BCUT2D eigenvalue weighted by atomic mass is 32.1. The Morgan fingerprint density at radius 2 is 1.81 bits per heavy atom. The van der Waals surface area contributed by atoms with Gasteiger partial charge in [-0.3, -0.25) is 14.6 Å². The van der Waals surface area contributed by atoms with Crippen LogP contribution in [0.3, 0.4) is 0 Å². The molecule has 0 N–H and O–H groups in total. The maximum atomic E-state index is 12.3. The van der Waals surface area contributed by atoms with Crippen LogP contribution < -0.4 is 9.41 Å². The molecule has 7 heteroatoms. The summed E-state index contributed by atoms with van der Waals surface area (Å²) in [5.74, 6) is 0.358. The van der Waals surface area contributed by atoms with Crippen molar-refractivity contribution in [2.75, 3.05) is 13.7 Å². The van der Waals surface area contributed by atoms with Crippen LogP contribution >= 0.6 is 11.5 Å². The van der Waals surface area contributed by atoms with Gasteiger partial charge in [0.25, 0.3) is 0 Å². The minimum Gasteiger partial charge on any atom is -0.497 e. The molecule has 26 heavy (non-hydrogen) atoms. The Labute approximate surface area is 154 Å². The largest absolute Gasteiger partial charge is 0.497 e. The Hall–Kier alpha value is -3.06. The van der Waals surface area contributed by atoms with Gasteiger partial charge >= 0.3 is 0 Å². The van der Waals surface area contributed by atoms with Crippen LogP contribution in [0.1, 0.15) is 27.8 Å². The van der Waals surface area contributed by atoms with Gasteiger partial charge < -0.3 is 4.74 Å². The third kappa shape index (κ3) is 3.94. The number of carbonyl (C=O) groups is 2. The molecule has 0 bridgehead atoms. The predicted octanol–water partition coefficient (Wildman–Crippen LogP) is 2.93. The maximum Gasteiger partial charge on any atom is 0.184 e. The normalized spacial score (nSPS) is 11.4. The Morgan fingerprint density at radius 3 is 2.42 bits per heavy atom. The van der Waals surface area contributed by atoms with E-state index in [-0.39, 0.29) is 23.8 Å². The number of aromatic nitrogens is 2. The molecule has 0 amide bonds. The van der Waals surface area contributed by atoms with Gasteiger partial charge in [0.15, 0.2) is 21.9 Å². The smallest absolute Gasteiger partial charge is 0.184 e. The fourth-order valence-electron chi connectivity index (χ4n) is 2.28. The van der Waals surface area contributed by atoms with E-state index in [2.05, 4.69) is 10.1 Å². The Morgan fingerprint density at radius 1 is 1.12 bits per heavy atom. The second-order valence-electron chi connectivity index (χ2n) is 5.48. The molecular formula is C19H17N3O3S. The number of ketones is 2. The molecule has 0 saturated carbocycles. The lowest BCUT2D eigenvalue weighted by Crippen LogP contribution is -2.12. The fourth-order valence-corrected chi connectivity index (χ4v) is 3.19. The molecule has 0 fully saturated rings. The summed E-state index contributed by atoms with van der Waals surface area (Å²) in [5, 5.41) is 4.32. The van der Waals surface area contributed by atoms with Crippen molar-refractivity contribution < 1.29 is 14.3 Å². The highest BCUT2D eigenvalue weighted by molar-refractivity contribution is 7.04. The molecule has 3 aromatic rings. The number of rotatable bonds is 6. The zero-order valence-electron chi connectivity index (χ0n) is 14.4. The van der Waals surface area contributed by atoms with E-state index in [9.17, 15) is 9.59 Å². The molecule has 0 saturated heterocycles. The molecule has 0 aliphatic heterocycles. The molecule has 1 heterocycles. The van der Waals surface area contributed by atoms with E-state index in [1.54, 1.807) is 35.4 Å². The first-order valence-corrected chi connectivity index (χ1v) is 8.70. The van der Waals surface area contributed by atoms with Crippen LogP contribution in [0.4, 0.5) is 0 Å². The number of ether oxygens (including phenoxy) is 1. The van der Waals surface area contributed by atoms with Gasteiger partial charge in [-0.05, 0) is 47.9 Å².